The topological polar surface area (TPSA) is 97.0 Å². The molecular weight excluding hydrogens is 356 g/mol. The van der Waals surface area contributed by atoms with Gasteiger partial charge in [-0.3, -0.25) is 9.59 Å². The van der Waals surface area contributed by atoms with E-state index in [0.29, 0.717) is 12.4 Å². The molecule has 2 aromatic rings. The molecular formula is C21H26N4O3. The molecule has 1 saturated carbocycles. The molecule has 3 rings (SSSR count). The first-order valence-corrected chi connectivity index (χ1v) is 9.75. The van der Waals surface area contributed by atoms with Crippen molar-refractivity contribution >= 4 is 5.91 Å². The van der Waals surface area contributed by atoms with E-state index >= 15 is 0 Å². The number of aryl methyl sites for hydroxylation is 1. The van der Waals surface area contributed by atoms with E-state index < -0.39 is 0 Å². The first-order chi connectivity index (χ1) is 13.7. The Balaban J connectivity index is 1.56. The van der Waals surface area contributed by atoms with Crippen molar-refractivity contribution in [2.75, 3.05) is 6.61 Å². The number of carbonyl (C=O) groups is 1. The quantitative estimate of drug-likeness (QED) is 0.513. The average Bonchev–Trinajstić information content (AvgIpc) is 3.21. The molecule has 1 aromatic carbocycles. The summed E-state index contributed by atoms with van der Waals surface area (Å²) in [5.41, 5.74) is 0.700. The minimum Gasteiger partial charge on any atom is -0.493 e. The molecule has 0 bridgehead atoms. The van der Waals surface area contributed by atoms with E-state index in [4.69, 9.17) is 4.74 Å². The van der Waals surface area contributed by atoms with E-state index in [1.54, 1.807) is 6.08 Å². The summed E-state index contributed by atoms with van der Waals surface area (Å²) < 4.78 is 5.56. The zero-order chi connectivity index (χ0) is 19.8. The predicted molar refractivity (Wildman–Crippen MR) is 107 cm³/mol. The van der Waals surface area contributed by atoms with Gasteiger partial charge in [-0.25, -0.2) is 0 Å². The van der Waals surface area contributed by atoms with Crippen LogP contribution in [0.3, 0.4) is 0 Å². The van der Waals surface area contributed by atoms with Crippen LogP contribution in [0.2, 0.25) is 0 Å². The van der Waals surface area contributed by atoms with Crippen molar-refractivity contribution in [3.63, 3.8) is 0 Å². The smallest absolute Gasteiger partial charge is 0.273 e. The second-order valence-corrected chi connectivity index (χ2v) is 6.95. The van der Waals surface area contributed by atoms with Crippen molar-refractivity contribution in [1.82, 2.24) is 20.5 Å². The van der Waals surface area contributed by atoms with Crippen molar-refractivity contribution in [2.24, 2.45) is 0 Å². The fourth-order valence-corrected chi connectivity index (χ4v) is 3.22. The zero-order valence-corrected chi connectivity index (χ0v) is 15.9. The second-order valence-electron chi connectivity index (χ2n) is 6.95. The monoisotopic (exact) mass is 382 g/mol. The minimum absolute atomic E-state index is 0.0378. The van der Waals surface area contributed by atoms with E-state index in [-0.39, 0.29) is 36.0 Å². The fourth-order valence-electron chi connectivity index (χ4n) is 3.22. The number of carbonyl (C=O) groups excluding carboxylic acids is 1. The standard InChI is InChI=1S/C21H26N4O3/c1-2-3-14-28-17-10-8-15(9-11-17)20-23-21(27)18(24-25-20)12-13-19(26)22-16-6-4-5-7-16/h2,8-11,16H,1,3-7,12-14H2,(H,22,26)(H,23,25,27). The number of ether oxygens (including phenoxy) is 1. The lowest BCUT2D eigenvalue weighted by Gasteiger charge is -2.11. The minimum atomic E-state index is -0.315. The number of amides is 1. The highest BCUT2D eigenvalue weighted by Gasteiger charge is 2.17. The molecule has 1 amide bonds. The van der Waals surface area contributed by atoms with Gasteiger partial charge in [-0.2, -0.15) is 0 Å². The van der Waals surface area contributed by atoms with Gasteiger partial charge >= 0.3 is 0 Å². The highest BCUT2D eigenvalue weighted by Crippen LogP contribution is 2.19. The number of aromatic nitrogens is 3. The van der Waals surface area contributed by atoms with Gasteiger partial charge in [0, 0.05) is 24.4 Å². The molecule has 1 aromatic heterocycles. The number of hydrogen-bond acceptors (Lipinski definition) is 5. The third kappa shape index (κ3) is 5.52. The van der Waals surface area contributed by atoms with Crippen LogP contribution in [0.25, 0.3) is 11.4 Å². The van der Waals surface area contributed by atoms with Gasteiger partial charge in [-0.05, 0) is 43.5 Å². The first-order valence-electron chi connectivity index (χ1n) is 9.75. The van der Waals surface area contributed by atoms with Crippen molar-refractivity contribution < 1.29 is 9.53 Å². The van der Waals surface area contributed by atoms with E-state index in [0.717, 1.165) is 30.6 Å². The molecule has 2 N–H and O–H groups in total. The Morgan fingerprint density at radius 1 is 1.25 bits per heavy atom. The molecule has 0 spiro atoms. The highest BCUT2D eigenvalue weighted by atomic mass is 16.5. The number of nitrogens with zero attached hydrogens (tertiary/aromatic N) is 2. The number of benzene rings is 1. The van der Waals surface area contributed by atoms with Crippen molar-refractivity contribution in [2.45, 2.75) is 51.0 Å². The SMILES string of the molecule is C=CCCOc1ccc(-c2nnc(CCC(=O)NC3CCCC3)c(=O)[nH]2)cc1. The van der Waals surface area contributed by atoms with Gasteiger partial charge in [0.2, 0.25) is 5.91 Å². The molecule has 0 atom stereocenters. The summed E-state index contributed by atoms with van der Waals surface area (Å²) in [5.74, 6) is 1.09. The molecule has 0 aliphatic heterocycles. The molecule has 1 aliphatic rings. The summed E-state index contributed by atoms with van der Waals surface area (Å²) in [4.78, 5) is 27.0. The van der Waals surface area contributed by atoms with Crippen LogP contribution < -0.4 is 15.6 Å². The molecule has 1 fully saturated rings. The van der Waals surface area contributed by atoms with Gasteiger partial charge < -0.3 is 15.0 Å². The summed E-state index contributed by atoms with van der Waals surface area (Å²) in [6.07, 6.45) is 7.51. The molecule has 7 nitrogen and oxygen atoms in total. The van der Waals surface area contributed by atoms with Crippen LogP contribution in [-0.2, 0) is 11.2 Å². The number of aromatic amines is 1. The molecule has 0 saturated heterocycles. The molecule has 148 valence electrons. The lowest BCUT2D eigenvalue weighted by molar-refractivity contribution is -0.121. The number of hydrogen-bond donors (Lipinski definition) is 2. The van der Waals surface area contributed by atoms with Crippen molar-refractivity contribution in [3.8, 4) is 17.1 Å². The number of rotatable bonds is 9. The van der Waals surface area contributed by atoms with Crippen molar-refractivity contribution in [3.05, 3.63) is 53.0 Å². The van der Waals surface area contributed by atoms with Crippen LogP contribution in [0.1, 0.15) is 44.2 Å². The zero-order valence-electron chi connectivity index (χ0n) is 15.9. The maximum absolute atomic E-state index is 12.3. The Morgan fingerprint density at radius 3 is 2.68 bits per heavy atom. The second kappa shape index (κ2) is 9.82. The van der Waals surface area contributed by atoms with Crippen LogP contribution in [0.5, 0.6) is 5.75 Å². The summed E-state index contributed by atoms with van der Waals surface area (Å²) in [6, 6.07) is 7.55. The van der Waals surface area contributed by atoms with E-state index in [1.807, 2.05) is 24.3 Å². The van der Waals surface area contributed by atoms with Gasteiger partial charge in [0.1, 0.15) is 11.4 Å². The van der Waals surface area contributed by atoms with Crippen LogP contribution >= 0.6 is 0 Å². The number of H-pyrrole nitrogens is 1. The van der Waals surface area contributed by atoms with Gasteiger partial charge in [-0.15, -0.1) is 16.8 Å². The summed E-state index contributed by atoms with van der Waals surface area (Å²) in [7, 11) is 0. The van der Waals surface area contributed by atoms with E-state index in [9.17, 15) is 9.59 Å². The largest absolute Gasteiger partial charge is 0.493 e. The number of nitrogens with one attached hydrogen (secondary N) is 2. The third-order valence-electron chi connectivity index (χ3n) is 4.79. The van der Waals surface area contributed by atoms with Gasteiger partial charge in [-0.1, -0.05) is 18.9 Å². The Kier molecular flexibility index (Phi) is 6.94. The molecule has 1 heterocycles. The Labute approximate surface area is 164 Å². The van der Waals surface area contributed by atoms with Crippen LogP contribution in [0.15, 0.2) is 41.7 Å². The fraction of sp³-hybridized carbons (Fsp3) is 0.429. The first kappa shape index (κ1) is 19.8. The molecule has 0 radical (unpaired) electrons. The molecule has 1 aliphatic carbocycles. The maximum atomic E-state index is 12.3. The summed E-state index contributed by atoms with van der Waals surface area (Å²) in [6.45, 7) is 4.23. The average molecular weight is 382 g/mol. The Bertz CT molecular complexity index is 855. The van der Waals surface area contributed by atoms with Gasteiger partial charge in [0.05, 0.1) is 6.61 Å². The van der Waals surface area contributed by atoms with Crippen molar-refractivity contribution in [1.29, 1.82) is 0 Å². The predicted octanol–water partition coefficient (Wildman–Crippen LogP) is 2.78. The van der Waals surface area contributed by atoms with Crippen LogP contribution in [0.4, 0.5) is 0 Å². The van der Waals surface area contributed by atoms with E-state index in [1.165, 1.54) is 12.8 Å². The molecule has 0 unspecified atom stereocenters. The Hall–Kier alpha value is -2.96. The van der Waals surface area contributed by atoms with Crippen LogP contribution in [0, 0.1) is 0 Å². The molecule has 28 heavy (non-hydrogen) atoms. The lowest BCUT2D eigenvalue weighted by Crippen LogP contribution is -2.33. The van der Waals surface area contributed by atoms with E-state index in [2.05, 4.69) is 27.1 Å². The van der Waals surface area contributed by atoms with Gasteiger partial charge in [0.15, 0.2) is 5.82 Å². The summed E-state index contributed by atoms with van der Waals surface area (Å²) in [5, 5.41) is 11.1. The maximum Gasteiger partial charge on any atom is 0.273 e. The lowest BCUT2D eigenvalue weighted by atomic mass is 10.2. The summed E-state index contributed by atoms with van der Waals surface area (Å²) >= 11 is 0. The normalized spacial score (nSPS) is 14.0. The molecule has 7 heteroatoms. The highest BCUT2D eigenvalue weighted by molar-refractivity contribution is 5.76. The van der Waals surface area contributed by atoms with Gasteiger partial charge in [0.25, 0.3) is 5.56 Å². The van der Waals surface area contributed by atoms with Crippen LogP contribution in [-0.4, -0.2) is 33.7 Å². The third-order valence-corrected chi connectivity index (χ3v) is 4.79. The Morgan fingerprint density at radius 2 is 2.00 bits per heavy atom.